The van der Waals surface area contributed by atoms with E-state index in [1.807, 2.05) is 30.3 Å². The fourth-order valence-electron chi connectivity index (χ4n) is 4.04. The van der Waals surface area contributed by atoms with Gasteiger partial charge in [0.25, 0.3) is 5.91 Å². The minimum Gasteiger partial charge on any atom is -0.497 e. The van der Waals surface area contributed by atoms with Crippen molar-refractivity contribution in [2.24, 2.45) is 0 Å². The van der Waals surface area contributed by atoms with Crippen LogP contribution in [0.25, 0.3) is 0 Å². The number of rotatable bonds is 8. The number of nitrogens with zero attached hydrogens (tertiary/aromatic N) is 2. The van der Waals surface area contributed by atoms with E-state index >= 15 is 0 Å². The van der Waals surface area contributed by atoms with Crippen molar-refractivity contribution < 1.29 is 18.7 Å². The van der Waals surface area contributed by atoms with E-state index in [1.54, 1.807) is 36.3 Å². The summed E-state index contributed by atoms with van der Waals surface area (Å²) < 4.78 is 18.5. The lowest BCUT2D eigenvalue weighted by Gasteiger charge is -2.06. The molecule has 2 heterocycles. The summed E-state index contributed by atoms with van der Waals surface area (Å²) >= 11 is 0. The zero-order chi connectivity index (χ0) is 22.6. The summed E-state index contributed by atoms with van der Waals surface area (Å²) in [4.78, 5) is 12.6. The van der Waals surface area contributed by atoms with Gasteiger partial charge in [-0.3, -0.25) is 9.48 Å². The summed E-state index contributed by atoms with van der Waals surface area (Å²) in [6.45, 7) is 0.836. The van der Waals surface area contributed by atoms with Gasteiger partial charge in [-0.05, 0) is 72.4 Å². The quantitative estimate of drug-likeness (QED) is 0.421. The zero-order valence-electron chi connectivity index (χ0n) is 18.4. The van der Waals surface area contributed by atoms with Crippen LogP contribution < -0.4 is 14.8 Å². The van der Waals surface area contributed by atoms with Gasteiger partial charge in [-0.15, -0.1) is 0 Å². The molecule has 0 bridgehead atoms. The fourth-order valence-corrected chi connectivity index (χ4v) is 4.04. The van der Waals surface area contributed by atoms with Gasteiger partial charge in [-0.25, -0.2) is 0 Å². The number of benzene rings is 2. The first-order valence-corrected chi connectivity index (χ1v) is 11.0. The van der Waals surface area contributed by atoms with E-state index in [4.69, 9.17) is 13.9 Å². The smallest absolute Gasteiger partial charge is 0.291 e. The number of furan rings is 1. The molecule has 0 atom stereocenters. The number of aromatic nitrogens is 2. The minimum absolute atomic E-state index is 0.225. The first-order chi connectivity index (χ1) is 16.2. The van der Waals surface area contributed by atoms with Gasteiger partial charge in [0, 0.05) is 6.20 Å². The first-order valence-electron chi connectivity index (χ1n) is 11.0. The van der Waals surface area contributed by atoms with Gasteiger partial charge in [0.15, 0.2) is 5.76 Å². The largest absolute Gasteiger partial charge is 0.497 e. The molecule has 1 amide bonds. The normalized spacial score (nSPS) is 12.4. The van der Waals surface area contributed by atoms with Crippen molar-refractivity contribution in [3.63, 3.8) is 0 Å². The molecule has 2 aromatic heterocycles. The highest BCUT2D eigenvalue weighted by molar-refractivity contribution is 6.02. The summed E-state index contributed by atoms with van der Waals surface area (Å²) in [6, 6.07) is 17.4. The van der Waals surface area contributed by atoms with Crippen LogP contribution in [0.2, 0.25) is 0 Å². The number of hydrogen-bond acceptors (Lipinski definition) is 5. The maximum Gasteiger partial charge on any atom is 0.291 e. The third-order valence-corrected chi connectivity index (χ3v) is 5.71. The molecule has 1 N–H and O–H groups in total. The Labute approximate surface area is 191 Å². The van der Waals surface area contributed by atoms with Crippen molar-refractivity contribution in [3.05, 3.63) is 95.2 Å². The van der Waals surface area contributed by atoms with Crippen LogP contribution in [-0.4, -0.2) is 22.8 Å². The predicted molar refractivity (Wildman–Crippen MR) is 124 cm³/mol. The standard InChI is InChI=1S/C26H25N3O4/c1-31-22-7-2-4-18(12-22)15-29-16-21(14-27-29)28-26(30)25-11-10-24(33-25)17-32-23-9-8-19-5-3-6-20(19)13-23/h2,4,7-14,16H,3,5-6,15,17H2,1H3,(H,28,30). The molecule has 0 fully saturated rings. The molecule has 0 saturated heterocycles. The molecular formula is C26H25N3O4. The number of methoxy groups -OCH3 is 1. The second-order valence-electron chi connectivity index (χ2n) is 8.07. The van der Waals surface area contributed by atoms with Crippen molar-refractivity contribution in [2.75, 3.05) is 12.4 Å². The van der Waals surface area contributed by atoms with Crippen LogP contribution in [0.5, 0.6) is 11.5 Å². The zero-order valence-corrected chi connectivity index (χ0v) is 18.4. The molecule has 0 saturated carbocycles. The molecule has 7 nitrogen and oxygen atoms in total. The molecule has 5 rings (SSSR count). The lowest BCUT2D eigenvalue weighted by Crippen LogP contribution is -2.10. The Hall–Kier alpha value is -4.00. The summed E-state index contributed by atoms with van der Waals surface area (Å²) in [5.41, 5.74) is 4.41. The molecule has 0 radical (unpaired) electrons. The maximum absolute atomic E-state index is 12.6. The Morgan fingerprint density at radius 3 is 2.91 bits per heavy atom. The van der Waals surface area contributed by atoms with Crippen LogP contribution in [-0.2, 0) is 26.0 Å². The van der Waals surface area contributed by atoms with E-state index in [0.717, 1.165) is 29.9 Å². The molecule has 7 heteroatoms. The van der Waals surface area contributed by atoms with E-state index in [1.165, 1.54) is 17.5 Å². The number of amides is 1. The molecule has 1 aliphatic rings. The fraction of sp³-hybridized carbons (Fsp3) is 0.231. The second kappa shape index (κ2) is 9.24. The maximum atomic E-state index is 12.6. The SMILES string of the molecule is COc1cccc(Cn2cc(NC(=O)c3ccc(COc4ccc5c(c4)CCC5)o3)cn2)c1. The number of anilines is 1. The van der Waals surface area contributed by atoms with Crippen LogP contribution in [0.3, 0.4) is 0 Å². The molecule has 1 aliphatic carbocycles. The predicted octanol–water partition coefficient (Wildman–Crippen LogP) is 4.85. The number of hydrogen-bond donors (Lipinski definition) is 1. The summed E-state index contributed by atoms with van der Waals surface area (Å²) in [5, 5.41) is 7.14. The number of fused-ring (bicyclic) bond motifs is 1. The van der Waals surface area contributed by atoms with Gasteiger partial charge >= 0.3 is 0 Å². The molecular weight excluding hydrogens is 418 g/mol. The lowest BCUT2D eigenvalue weighted by atomic mass is 10.1. The van der Waals surface area contributed by atoms with Gasteiger partial charge in [0.1, 0.15) is 23.9 Å². The number of carbonyl (C=O) groups is 1. The first kappa shape index (κ1) is 20.9. The average molecular weight is 444 g/mol. The Kier molecular flexibility index (Phi) is 5.85. The van der Waals surface area contributed by atoms with Crippen molar-refractivity contribution >= 4 is 11.6 Å². The van der Waals surface area contributed by atoms with Crippen molar-refractivity contribution in [2.45, 2.75) is 32.4 Å². The monoisotopic (exact) mass is 443 g/mol. The van der Waals surface area contributed by atoms with Gasteiger partial charge in [0.2, 0.25) is 0 Å². The van der Waals surface area contributed by atoms with E-state index < -0.39 is 0 Å². The lowest BCUT2D eigenvalue weighted by molar-refractivity contribution is 0.0992. The van der Waals surface area contributed by atoms with Gasteiger partial charge in [0.05, 0.1) is 25.5 Å². The van der Waals surface area contributed by atoms with Gasteiger partial charge in [-0.2, -0.15) is 5.10 Å². The van der Waals surface area contributed by atoms with Crippen LogP contribution in [0, 0.1) is 0 Å². The van der Waals surface area contributed by atoms with Crippen LogP contribution in [0.1, 0.15) is 39.4 Å². The van der Waals surface area contributed by atoms with Gasteiger partial charge in [-0.1, -0.05) is 18.2 Å². The highest BCUT2D eigenvalue weighted by Gasteiger charge is 2.14. The number of nitrogens with one attached hydrogen (secondary N) is 1. The average Bonchev–Trinajstić information content (AvgIpc) is 3.58. The molecule has 168 valence electrons. The van der Waals surface area contributed by atoms with Crippen molar-refractivity contribution in [1.29, 1.82) is 0 Å². The van der Waals surface area contributed by atoms with Crippen LogP contribution >= 0.6 is 0 Å². The number of aryl methyl sites for hydroxylation is 2. The van der Waals surface area contributed by atoms with Crippen molar-refractivity contribution in [3.8, 4) is 11.5 Å². The highest BCUT2D eigenvalue weighted by atomic mass is 16.5. The van der Waals surface area contributed by atoms with Gasteiger partial charge < -0.3 is 19.2 Å². The van der Waals surface area contributed by atoms with Crippen molar-refractivity contribution in [1.82, 2.24) is 9.78 Å². The topological polar surface area (TPSA) is 78.5 Å². The van der Waals surface area contributed by atoms with Crippen LogP contribution in [0.15, 0.2) is 71.4 Å². The Morgan fingerprint density at radius 2 is 2.00 bits per heavy atom. The Morgan fingerprint density at radius 1 is 1.09 bits per heavy atom. The van der Waals surface area contributed by atoms with E-state index in [2.05, 4.69) is 22.5 Å². The molecule has 2 aromatic carbocycles. The molecule has 0 unspecified atom stereocenters. The van der Waals surface area contributed by atoms with E-state index in [0.29, 0.717) is 18.0 Å². The molecule has 0 spiro atoms. The minimum atomic E-state index is -0.334. The highest BCUT2D eigenvalue weighted by Crippen LogP contribution is 2.26. The number of carbonyl (C=O) groups excluding carboxylic acids is 1. The molecule has 0 aliphatic heterocycles. The van der Waals surface area contributed by atoms with E-state index in [9.17, 15) is 4.79 Å². The summed E-state index contributed by atoms with van der Waals surface area (Å²) in [7, 11) is 1.64. The molecule has 4 aromatic rings. The third kappa shape index (κ3) is 4.92. The van der Waals surface area contributed by atoms with E-state index in [-0.39, 0.29) is 18.3 Å². The Balaban J connectivity index is 1.16. The van der Waals surface area contributed by atoms with Crippen LogP contribution in [0.4, 0.5) is 5.69 Å². The summed E-state index contributed by atoms with van der Waals surface area (Å²) in [6.07, 6.45) is 6.84. The summed E-state index contributed by atoms with van der Waals surface area (Å²) in [5.74, 6) is 2.10. The Bertz CT molecular complexity index is 1270. The number of ether oxygens (including phenoxy) is 2. The third-order valence-electron chi connectivity index (χ3n) is 5.71. The second-order valence-corrected chi connectivity index (χ2v) is 8.07. The molecule has 33 heavy (non-hydrogen) atoms.